The zero-order chi connectivity index (χ0) is 18.8. The predicted octanol–water partition coefficient (Wildman–Crippen LogP) is 4.86. The molecule has 0 atom stereocenters. The summed E-state index contributed by atoms with van der Waals surface area (Å²) < 4.78 is 13.6. The summed E-state index contributed by atoms with van der Waals surface area (Å²) in [5, 5.41) is 9.45. The monoisotopic (exact) mass is 383 g/mol. The van der Waals surface area contributed by atoms with Gasteiger partial charge in [-0.15, -0.1) is 11.3 Å². The second-order valence-electron chi connectivity index (χ2n) is 7.13. The molecule has 1 fully saturated rings. The zero-order valence-corrected chi connectivity index (χ0v) is 16.1. The van der Waals surface area contributed by atoms with E-state index in [0.717, 1.165) is 54.2 Å². The molecule has 0 unspecified atom stereocenters. The van der Waals surface area contributed by atoms with Gasteiger partial charge in [0, 0.05) is 23.7 Å². The molecule has 4 nitrogen and oxygen atoms in total. The molecule has 4 rings (SSSR count). The number of H-pyrrole nitrogens is 1. The van der Waals surface area contributed by atoms with Crippen molar-refractivity contribution in [2.24, 2.45) is 0 Å². The van der Waals surface area contributed by atoms with E-state index < -0.39 is 0 Å². The van der Waals surface area contributed by atoms with Crippen molar-refractivity contribution in [3.8, 4) is 11.1 Å². The summed E-state index contributed by atoms with van der Waals surface area (Å²) in [5.74, 6) is 0.307. The Balaban J connectivity index is 1.41. The molecule has 1 aromatic carbocycles. The topological polar surface area (TPSA) is 49.0 Å². The van der Waals surface area contributed by atoms with E-state index in [0.29, 0.717) is 5.92 Å². The first-order valence-corrected chi connectivity index (χ1v) is 10.1. The van der Waals surface area contributed by atoms with Crippen LogP contribution in [0.15, 0.2) is 41.9 Å². The Hall–Kier alpha value is -2.31. The lowest BCUT2D eigenvalue weighted by Gasteiger charge is -2.31. The number of nitrogens with one attached hydrogen (secondary N) is 1. The normalized spacial score (nSPS) is 15.9. The summed E-state index contributed by atoms with van der Waals surface area (Å²) >= 11 is 1.53. The SMILES string of the molecule is CC(=O)c1cc(CN2CCC(c3[nH]ncc3-c3cccc(F)c3)CC2)cs1. The minimum Gasteiger partial charge on any atom is -0.299 e. The van der Waals surface area contributed by atoms with Crippen LogP contribution in [0.3, 0.4) is 0 Å². The van der Waals surface area contributed by atoms with Crippen LogP contribution < -0.4 is 0 Å². The minimum atomic E-state index is -0.227. The molecule has 0 bridgehead atoms. The zero-order valence-electron chi connectivity index (χ0n) is 15.2. The average molecular weight is 383 g/mol. The molecule has 1 aliphatic heterocycles. The fourth-order valence-electron chi connectivity index (χ4n) is 3.77. The van der Waals surface area contributed by atoms with Gasteiger partial charge in [0.15, 0.2) is 5.78 Å². The van der Waals surface area contributed by atoms with E-state index in [1.807, 2.05) is 12.1 Å². The van der Waals surface area contributed by atoms with Gasteiger partial charge in [0.1, 0.15) is 5.82 Å². The van der Waals surface area contributed by atoms with E-state index in [1.165, 1.54) is 23.0 Å². The van der Waals surface area contributed by atoms with Gasteiger partial charge in [-0.05, 0) is 67.6 Å². The Morgan fingerprint density at radius 2 is 2.15 bits per heavy atom. The first-order chi connectivity index (χ1) is 13.1. The highest BCUT2D eigenvalue weighted by Crippen LogP contribution is 2.34. The van der Waals surface area contributed by atoms with E-state index in [1.54, 1.807) is 25.3 Å². The molecule has 3 heterocycles. The maximum Gasteiger partial charge on any atom is 0.169 e. The Morgan fingerprint density at radius 1 is 1.33 bits per heavy atom. The largest absolute Gasteiger partial charge is 0.299 e. The van der Waals surface area contributed by atoms with E-state index in [-0.39, 0.29) is 11.6 Å². The Bertz CT molecular complexity index is 940. The van der Waals surface area contributed by atoms with Crippen molar-refractivity contribution >= 4 is 17.1 Å². The number of nitrogens with zero attached hydrogens (tertiary/aromatic N) is 2. The number of aromatic amines is 1. The predicted molar refractivity (Wildman–Crippen MR) is 106 cm³/mol. The van der Waals surface area contributed by atoms with E-state index in [2.05, 4.69) is 20.5 Å². The van der Waals surface area contributed by atoms with Crippen molar-refractivity contribution < 1.29 is 9.18 Å². The Morgan fingerprint density at radius 3 is 2.85 bits per heavy atom. The number of piperidine rings is 1. The van der Waals surface area contributed by atoms with E-state index in [4.69, 9.17) is 0 Å². The molecule has 1 N–H and O–H groups in total. The maximum atomic E-state index is 13.6. The average Bonchev–Trinajstić information content (AvgIpc) is 3.32. The molecule has 6 heteroatoms. The number of carbonyl (C=O) groups excluding carboxylic acids is 1. The van der Waals surface area contributed by atoms with Crippen LogP contribution in [-0.2, 0) is 6.54 Å². The number of aromatic nitrogens is 2. The van der Waals surface area contributed by atoms with Crippen LogP contribution in [0, 0.1) is 5.82 Å². The van der Waals surface area contributed by atoms with Gasteiger partial charge < -0.3 is 0 Å². The molecule has 0 saturated carbocycles. The quantitative estimate of drug-likeness (QED) is 0.640. The van der Waals surface area contributed by atoms with Crippen molar-refractivity contribution in [2.75, 3.05) is 13.1 Å². The lowest BCUT2D eigenvalue weighted by atomic mass is 9.89. The van der Waals surface area contributed by atoms with Crippen LogP contribution in [0.5, 0.6) is 0 Å². The fraction of sp³-hybridized carbons (Fsp3) is 0.333. The van der Waals surface area contributed by atoms with Gasteiger partial charge in [0.25, 0.3) is 0 Å². The van der Waals surface area contributed by atoms with Crippen molar-refractivity contribution in [2.45, 2.75) is 32.2 Å². The summed E-state index contributed by atoms with van der Waals surface area (Å²) in [5.41, 5.74) is 4.19. The summed E-state index contributed by atoms with van der Waals surface area (Å²) in [4.78, 5) is 14.7. The van der Waals surface area contributed by atoms with Crippen LogP contribution in [0.1, 0.15) is 46.6 Å². The number of ketones is 1. The second-order valence-corrected chi connectivity index (χ2v) is 8.04. The first kappa shape index (κ1) is 18.1. The van der Waals surface area contributed by atoms with Gasteiger partial charge >= 0.3 is 0 Å². The second kappa shape index (κ2) is 7.74. The highest BCUT2D eigenvalue weighted by Gasteiger charge is 2.24. The number of benzene rings is 1. The number of thiophene rings is 1. The highest BCUT2D eigenvalue weighted by molar-refractivity contribution is 7.12. The van der Waals surface area contributed by atoms with Crippen LogP contribution in [0.25, 0.3) is 11.1 Å². The third kappa shape index (κ3) is 4.01. The minimum absolute atomic E-state index is 0.133. The molecule has 0 spiro atoms. The van der Waals surface area contributed by atoms with Crippen molar-refractivity contribution in [1.29, 1.82) is 0 Å². The van der Waals surface area contributed by atoms with E-state index in [9.17, 15) is 9.18 Å². The number of halogens is 1. The number of hydrogen-bond acceptors (Lipinski definition) is 4. The molecule has 1 saturated heterocycles. The Kier molecular flexibility index (Phi) is 5.18. The smallest absolute Gasteiger partial charge is 0.169 e. The summed E-state index contributed by atoms with van der Waals surface area (Å²) in [6, 6.07) is 8.70. The molecule has 27 heavy (non-hydrogen) atoms. The molecule has 2 aromatic heterocycles. The first-order valence-electron chi connectivity index (χ1n) is 9.20. The molecule has 0 radical (unpaired) electrons. The Labute approximate surface area is 162 Å². The molecular weight excluding hydrogens is 361 g/mol. The number of carbonyl (C=O) groups is 1. The lowest BCUT2D eigenvalue weighted by molar-refractivity contribution is 0.102. The van der Waals surface area contributed by atoms with Crippen molar-refractivity contribution in [1.82, 2.24) is 15.1 Å². The van der Waals surface area contributed by atoms with Crippen LogP contribution in [-0.4, -0.2) is 34.0 Å². The number of likely N-dealkylation sites (tertiary alicyclic amines) is 1. The van der Waals surface area contributed by atoms with Crippen molar-refractivity contribution in [3.05, 3.63) is 63.9 Å². The standard InChI is InChI=1S/C21H22FN3OS/c1-14(26)20-9-15(13-27-20)12-25-7-5-16(6-8-25)21-19(11-23-24-21)17-3-2-4-18(22)10-17/h2-4,9-11,13,16H,5-8,12H2,1H3,(H,23,24). The molecule has 140 valence electrons. The van der Waals surface area contributed by atoms with Gasteiger partial charge in [0.2, 0.25) is 0 Å². The van der Waals surface area contributed by atoms with Gasteiger partial charge in [-0.3, -0.25) is 14.8 Å². The number of hydrogen-bond donors (Lipinski definition) is 1. The number of rotatable bonds is 5. The van der Waals surface area contributed by atoms with Crippen molar-refractivity contribution in [3.63, 3.8) is 0 Å². The van der Waals surface area contributed by atoms with Crippen LogP contribution in [0.2, 0.25) is 0 Å². The van der Waals surface area contributed by atoms with Gasteiger partial charge in [0.05, 0.1) is 11.1 Å². The molecule has 0 amide bonds. The van der Waals surface area contributed by atoms with Gasteiger partial charge in [-0.1, -0.05) is 12.1 Å². The lowest BCUT2D eigenvalue weighted by Crippen LogP contribution is -2.32. The number of Topliss-reactive ketones (excluding diaryl/α,β-unsaturated/α-hetero) is 1. The maximum absolute atomic E-state index is 13.6. The highest BCUT2D eigenvalue weighted by atomic mass is 32.1. The molecule has 3 aromatic rings. The molecule has 0 aliphatic carbocycles. The van der Waals surface area contributed by atoms with Gasteiger partial charge in [-0.2, -0.15) is 5.10 Å². The summed E-state index contributed by atoms with van der Waals surface area (Å²) in [6.45, 7) is 4.49. The molecule has 1 aliphatic rings. The third-order valence-electron chi connectivity index (χ3n) is 5.21. The summed E-state index contributed by atoms with van der Waals surface area (Å²) in [7, 11) is 0. The van der Waals surface area contributed by atoms with E-state index >= 15 is 0 Å². The summed E-state index contributed by atoms with van der Waals surface area (Å²) in [6.07, 6.45) is 3.87. The fourth-order valence-corrected chi connectivity index (χ4v) is 4.58. The van der Waals surface area contributed by atoms with Gasteiger partial charge in [-0.25, -0.2) is 4.39 Å². The third-order valence-corrected chi connectivity index (χ3v) is 6.29. The van der Waals surface area contributed by atoms with Crippen LogP contribution in [0.4, 0.5) is 4.39 Å². The molecular formula is C21H22FN3OS. The van der Waals surface area contributed by atoms with Crippen LogP contribution >= 0.6 is 11.3 Å².